The van der Waals surface area contributed by atoms with Gasteiger partial charge in [0.25, 0.3) is 0 Å². The van der Waals surface area contributed by atoms with Gasteiger partial charge in [0, 0.05) is 25.7 Å². The van der Waals surface area contributed by atoms with E-state index in [1.54, 1.807) is 6.92 Å². The summed E-state index contributed by atoms with van der Waals surface area (Å²) in [5.74, 6) is -0.551. The van der Waals surface area contributed by atoms with Crippen molar-refractivity contribution in [3.63, 3.8) is 0 Å². The molecule has 1 N–H and O–H groups in total. The Kier molecular flexibility index (Phi) is 7.18. The molecule has 9 heteroatoms. The SMILES string of the molecule is Cc1ccc(S(=O)(=O)c2ccc(F)cc2)cc1S(=O)(=O)NC1CCN(Cc2ccccc2)CC1. The van der Waals surface area contributed by atoms with Crippen LogP contribution in [0.1, 0.15) is 24.0 Å². The Labute approximate surface area is 200 Å². The van der Waals surface area contributed by atoms with Crippen molar-refractivity contribution in [3.05, 3.63) is 89.7 Å². The topological polar surface area (TPSA) is 83.5 Å². The zero-order valence-electron chi connectivity index (χ0n) is 18.8. The van der Waals surface area contributed by atoms with Crippen LogP contribution in [0.5, 0.6) is 0 Å². The standard InChI is InChI=1S/C25H27FN2O4S2/c1-19-7-10-24(33(29,30)23-11-8-21(26)9-12-23)17-25(19)34(31,32)27-22-13-15-28(16-14-22)18-20-5-3-2-4-6-20/h2-12,17,22,27H,13-16,18H2,1H3. The van der Waals surface area contributed by atoms with Crippen molar-refractivity contribution in [2.75, 3.05) is 13.1 Å². The molecular formula is C25H27FN2O4S2. The lowest BCUT2D eigenvalue weighted by Gasteiger charge is -2.32. The Morgan fingerprint density at radius 3 is 2.15 bits per heavy atom. The number of rotatable bonds is 7. The molecule has 1 aliphatic heterocycles. The molecule has 180 valence electrons. The summed E-state index contributed by atoms with van der Waals surface area (Å²) in [6.07, 6.45) is 1.33. The minimum atomic E-state index is -3.99. The highest BCUT2D eigenvalue weighted by atomic mass is 32.2. The van der Waals surface area contributed by atoms with Crippen LogP contribution in [0.25, 0.3) is 0 Å². The Balaban J connectivity index is 1.48. The molecule has 6 nitrogen and oxygen atoms in total. The van der Waals surface area contributed by atoms with E-state index in [1.807, 2.05) is 18.2 Å². The summed E-state index contributed by atoms with van der Waals surface area (Å²) in [5, 5.41) is 0. The second-order valence-corrected chi connectivity index (χ2v) is 12.2. The van der Waals surface area contributed by atoms with E-state index in [2.05, 4.69) is 21.8 Å². The number of sulfone groups is 1. The molecule has 0 aromatic heterocycles. The molecule has 0 amide bonds. The first kappa shape index (κ1) is 24.5. The van der Waals surface area contributed by atoms with E-state index in [0.29, 0.717) is 18.4 Å². The number of hydrogen-bond acceptors (Lipinski definition) is 5. The molecule has 0 spiro atoms. The first-order valence-corrected chi connectivity index (χ1v) is 14.0. The third-order valence-electron chi connectivity index (χ3n) is 6.04. The number of sulfonamides is 1. The Hall–Kier alpha value is -2.59. The smallest absolute Gasteiger partial charge is 0.241 e. The molecule has 0 unspecified atom stereocenters. The maximum Gasteiger partial charge on any atom is 0.241 e. The van der Waals surface area contributed by atoms with Crippen molar-refractivity contribution in [1.82, 2.24) is 9.62 Å². The maximum atomic E-state index is 13.2. The van der Waals surface area contributed by atoms with E-state index in [4.69, 9.17) is 0 Å². The molecule has 4 rings (SSSR count). The molecule has 1 fully saturated rings. The number of benzene rings is 3. The van der Waals surface area contributed by atoms with E-state index in [1.165, 1.54) is 35.9 Å². The van der Waals surface area contributed by atoms with Gasteiger partial charge in [0.15, 0.2) is 0 Å². The number of nitrogens with zero attached hydrogens (tertiary/aromatic N) is 1. The van der Waals surface area contributed by atoms with Crippen LogP contribution in [-0.4, -0.2) is 40.9 Å². The minimum absolute atomic E-state index is 0.0672. The molecule has 1 heterocycles. The highest BCUT2D eigenvalue weighted by Crippen LogP contribution is 2.26. The molecule has 0 aliphatic carbocycles. The second kappa shape index (κ2) is 9.95. The number of hydrogen-bond donors (Lipinski definition) is 1. The third kappa shape index (κ3) is 5.55. The fraction of sp³-hybridized carbons (Fsp3) is 0.280. The highest BCUT2D eigenvalue weighted by Gasteiger charge is 2.27. The van der Waals surface area contributed by atoms with Crippen molar-refractivity contribution in [1.29, 1.82) is 0 Å². The zero-order valence-corrected chi connectivity index (χ0v) is 20.4. The van der Waals surface area contributed by atoms with Crippen molar-refractivity contribution < 1.29 is 21.2 Å². The van der Waals surface area contributed by atoms with Gasteiger partial charge in [0.1, 0.15) is 5.82 Å². The van der Waals surface area contributed by atoms with Gasteiger partial charge in [-0.2, -0.15) is 0 Å². The van der Waals surface area contributed by atoms with Crippen LogP contribution in [-0.2, 0) is 26.4 Å². The highest BCUT2D eigenvalue weighted by molar-refractivity contribution is 7.91. The maximum absolute atomic E-state index is 13.2. The number of likely N-dealkylation sites (tertiary alicyclic amines) is 1. The molecular weight excluding hydrogens is 475 g/mol. The predicted octanol–water partition coefficient (Wildman–Crippen LogP) is 3.91. The Morgan fingerprint density at radius 1 is 0.882 bits per heavy atom. The molecule has 3 aromatic rings. The predicted molar refractivity (Wildman–Crippen MR) is 128 cm³/mol. The van der Waals surface area contributed by atoms with Gasteiger partial charge in [0.05, 0.1) is 14.7 Å². The molecule has 0 saturated carbocycles. The summed E-state index contributed by atoms with van der Waals surface area (Å²) in [6.45, 7) is 3.98. The van der Waals surface area contributed by atoms with Gasteiger partial charge in [-0.3, -0.25) is 4.90 Å². The average molecular weight is 503 g/mol. The van der Waals surface area contributed by atoms with Gasteiger partial charge in [-0.25, -0.2) is 25.9 Å². The number of piperidine rings is 1. The summed E-state index contributed by atoms with van der Waals surface area (Å²) < 4.78 is 68.3. The average Bonchev–Trinajstić information content (AvgIpc) is 2.81. The van der Waals surface area contributed by atoms with E-state index in [0.717, 1.165) is 31.8 Å². The van der Waals surface area contributed by atoms with Gasteiger partial charge in [-0.15, -0.1) is 0 Å². The quantitative estimate of drug-likeness (QED) is 0.496. The number of halogens is 1. The van der Waals surface area contributed by atoms with Gasteiger partial charge >= 0.3 is 0 Å². The van der Waals surface area contributed by atoms with E-state index >= 15 is 0 Å². The normalized spacial score (nSPS) is 15.9. The largest absolute Gasteiger partial charge is 0.299 e. The zero-order chi connectivity index (χ0) is 24.3. The molecule has 0 atom stereocenters. The summed E-state index contributed by atoms with van der Waals surface area (Å²) in [5.41, 5.74) is 1.67. The van der Waals surface area contributed by atoms with Crippen LogP contribution in [0.2, 0.25) is 0 Å². The molecule has 34 heavy (non-hydrogen) atoms. The fourth-order valence-corrected chi connectivity index (χ4v) is 7.06. The molecule has 1 aliphatic rings. The van der Waals surface area contributed by atoms with E-state index in [9.17, 15) is 21.2 Å². The molecule has 0 radical (unpaired) electrons. The number of aryl methyl sites for hydroxylation is 1. The van der Waals surface area contributed by atoms with Crippen molar-refractivity contribution in [2.24, 2.45) is 0 Å². The van der Waals surface area contributed by atoms with E-state index < -0.39 is 25.7 Å². The minimum Gasteiger partial charge on any atom is -0.299 e. The van der Waals surface area contributed by atoms with Crippen LogP contribution in [0.4, 0.5) is 4.39 Å². The summed E-state index contributed by atoms with van der Waals surface area (Å²) in [6, 6.07) is 18.4. The van der Waals surface area contributed by atoms with E-state index in [-0.39, 0.29) is 20.7 Å². The third-order valence-corrected chi connectivity index (χ3v) is 9.47. The summed E-state index contributed by atoms with van der Waals surface area (Å²) in [4.78, 5) is 1.98. The van der Waals surface area contributed by atoms with Crippen LogP contribution >= 0.6 is 0 Å². The fourth-order valence-electron chi connectivity index (χ4n) is 4.12. The molecule has 1 saturated heterocycles. The lowest BCUT2D eigenvalue weighted by Crippen LogP contribution is -2.44. The van der Waals surface area contributed by atoms with Crippen molar-refractivity contribution >= 4 is 19.9 Å². The Bertz CT molecular complexity index is 1350. The Morgan fingerprint density at radius 2 is 1.50 bits per heavy atom. The van der Waals surface area contributed by atoms with Crippen LogP contribution in [0, 0.1) is 12.7 Å². The summed E-state index contributed by atoms with van der Waals surface area (Å²) >= 11 is 0. The second-order valence-electron chi connectivity index (χ2n) is 8.54. The first-order chi connectivity index (χ1) is 16.1. The molecule has 0 bridgehead atoms. The monoisotopic (exact) mass is 502 g/mol. The van der Waals surface area contributed by atoms with Crippen LogP contribution < -0.4 is 4.72 Å². The van der Waals surface area contributed by atoms with Crippen molar-refractivity contribution in [3.8, 4) is 0 Å². The van der Waals surface area contributed by atoms with Gasteiger partial charge in [0.2, 0.25) is 19.9 Å². The van der Waals surface area contributed by atoms with Crippen LogP contribution in [0.3, 0.4) is 0 Å². The lowest BCUT2D eigenvalue weighted by atomic mass is 10.1. The van der Waals surface area contributed by atoms with Gasteiger partial charge < -0.3 is 0 Å². The van der Waals surface area contributed by atoms with Gasteiger partial charge in [-0.1, -0.05) is 36.4 Å². The van der Waals surface area contributed by atoms with Crippen LogP contribution in [0.15, 0.2) is 87.5 Å². The lowest BCUT2D eigenvalue weighted by molar-refractivity contribution is 0.200. The summed E-state index contributed by atoms with van der Waals surface area (Å²) in [7, 11) is -7.92. The first-order valence-electron chi connectivity index (χ1n) is 11.0. The van der Waals surface area contributed by atoms with Crippen molar-refractivity contribution in [2.45, 2.75) is 47.0 Å². The number of nitrogens with one attached hydrogen (secondary N) is 1. The molecule has 3 aromatic carbocycles. The van der Waals surface area contributed by atoms with Gasteiger partial charge in [-0.05, 0) is 67.3 Å².